The fourth-order valence-corrected chi connectivity index (χ4v) is 14.2. The van der Waals surface area contributed by atoms with Crippen LogP contribution in [-0.4, -0.2) is 58.5 Å². The van der Waals surface area contributed by atoms with Crippen LogP contribution in [0.25, 0.3) is 0 Å². The molecular weight excluding hydrogens is 1260 g/mol. The first kappa shape index (κ1) is 90.2. The highest BCUT2D eigenvalue weighted by atomic mass is 16.5. The number of unbranched alkanes of at least 4 members (excludes halogenated alkanes) is 3. The van der Waals surface area contributed by atoms with Crippen LogP contribution in [0.5, 0.6) is 5.75 Å². The van der Waals surface area contributed by atoms with Crippen molar-refractivity contribution < 1.29 is 34.1 Å². The second-order valence-electron chi connectivity index (χ2n) is 29.5. The molecule has 566 valence electrons. The number of hydrogen-bond acceptors (Lipinski definition) is 8. The van der Waals surface area contributed by atoms with E-state index < -0.39 is 11.2 Å². The van der Waals surface area contributed by atoms with Gasteiger partial charge in [0.05, 0.1) is 24.4 Å². The van der Waals surface area contributed by atoms with Gasteiger partial charge in [0.2, 0.25) is 0 Å². The normalized spacial score (nSPS) is 12.2. The average molecular weight is 1400 g/mol. The van der Waals surface area contributed by atoms with E-state index in [1.165, 1.54) is 146 Å². The molecule has 8 nitrogen and oxygen atoms in total. The molecule has 0 bridgehead atoms. The Labute approximate surface area is 623 Å². The summed E-state index contributed by atoms with van der Waals surface area (Å²) in [6, 6.07) is 47.6. The smallest absolute Gasteiger partial charge is 0.167 e. The van der Waals surface area contributed by atoms with Crippen molar-refractivity contribution in [2.24, 2.45) is 17.6 Å². The van der Waals surface area contributed by atoms with Gasteiger partial charge in [0, 0.05) is 42.6 Å². The molecule has 0 saturated heterocycles. The lowest BCUT2D eigenvalue weighted by Crippen LogP contribution is -2.28. The zero-order valence-electron chi connectivity index (χ0n) is 66.5. The number of Topliss-reactive ketones (excluding diaryl/α,β-unsaturated/α-hetero) is 3. The summed E-state index contributed by atoms with van der Waals surface area (Å²) in [7, 11) is 0. The van der Waals surface area contributed by atoms with Gasteiger partial charge in [-0.3, -0.25) is 14.4 Å². The molecule has 4 N–H and O–H groups in total. The van der Waals surface area contributed by atoms with Crippen molar-refractivity contribution in [2.45, 2.75) is 326 Å². The maximum Gasteiger partial charge on any atom is 0.167 e. The molecule has 0 heterocycles. The zero-order valence-corrected chi connectivity index (χ0v) is 66.5. The van der Waals surface area contributed by atoms with Crippen LogP contribution in [0.3, 0.4) is 0 Å². The third kappa shape index (κ3) is 38.1. The van der Waals surface area contributed by atoms with E-state index in [2.05, 4.69) is 168 Å². The summed E-state index contributed by atoms with van der Waals surface area (Å²) in [5.74, 6) is 3.00. The Morgan fingerprint density at radius 3 is 1.31 bits per heavy atom. The van der Waals surface area contributed by atoms with E-state index in [1.807, 2.05) is 54.6 Å². The Kier molecular flexibility index (Phi) is 48.2. The maximum absolute atomic E-state index is 12.5. The number of carbonyl (C=O) groups excluding carboxylic acids is 3. The number of ether oxygens (including phenoxy) is 2. The van der Waals surface area contributed by atoms with Gasteiger partial charge in [0.15, 0.2) is 17.3 Å². The molecule has 1 aliphatic carbocycles. The number of rotatable bonds is 44. The highest BCUT2D eigenvalue weighted by molar-refractivity contribution is 5.98. The lowest BCUT2D eigenvalue weighted by Gasteiger charge is -2.27. The highest BCUT2D eigenvalue weighted by Crippen LogP contribution is 2.30. The molecule has 1 saturated carbocycles. The summed E-state index contributed by atoms with van der Waals surface area (Å²) in [5.41, 5.74) is 18.4. The first-order chi connectivity index (χ1) is 49.4. The number of benzene rings is 6. The van der Waals surface area contributed by atoms with Crippen molar-refractivity contribution >= 4 is 17.3 Å². The molecule has 6 aromatic rings. The second kappa shape index (κ2) is 54.6. The fraction of sp³-hybridized carbons (Fsp3) is 0.585. The van der Waals surface area contributed by atoms with Crippen LogP contribution >= 0.6 is 0 Å². The van der Waals surface area contributed by atoms with E-state index in [-0.39, 0.29) is 5.78 Å². The van der Waals surface area contributed by atoms with Crippen LogP contribution in [0, 0.1) is 25.7 Å². The molecule has 0 atom stereocenters. The van der Waals surface area contributed by atoms with Gasteiger partial charge in [0.25, 0.3) is 0 Å². The van der Waals surface area contributed by atoms with Crippen molar-refractivity contribution in [2.75, 3.05) is 19.8 Å². The molecule has 7 rings (SSSR count). The topological polar surface area (TPSA) is 136 Å². The zero-order chi connectivity index (χ0) is 74.6. The van der Waals surface area contributed by atoms with E-state index in [9.17, 15) is 24.6 Å². The first-order valence-corrected chi connectivity index (χ1v) is 40.8. The van der Waals surface area contributed by atoms with Gasteiger partial charge < -0.3 is 25.4 Å². The van der Waals surface area contributed by atoms with Gasteiger partial charge in [0.1, 0.15) is 5.75 Å². The molecule has 6 aromatic carbocycles. The number of aryl methyl sites for hydroxylation is 7. The predicted octanol–water partition coefficient (Wildman–Crippen LogP) is 24.6. The highest BCUT2D eigenvalue weighted by Gasteiger charge is 2.26. The number of carbonyl (C=O) groups is 3. The number of ketones is 3. The minimum atomic E-state index is -0.514. The van der Waals surface area contributed by atoms with E-state index in [0.29, 0.717) is 49.6 Å². The predicted molar refractivity (Wildman–Crippen MR) is 435 cm³/mol. The van der Waals surface area contributed by atoms with E-state index in [1.54, 1.807) is 0 Å². The van der Waals surface area contributed by atoms with E-state index in [0.717, 1.165) is 151 Å². The quantitative estimate of drug-likeness (QED) is 0.0254. The van der Waals surface area contributed by atoms with Crippen molar-refractivity contribution in [3.05, 3.63) is 206 Å². The molecule has 8 heteroatoms. The summed E-state index contributed by atoms with van der Waals surface area (Å²) >= 11 is 0. The third-order valence-corrected chi connectivity index (χ3v) is 20.0. The molecule has 1 fully saturated rings. The van der Waals surface area contributed by atoms with Crippen LogP contribution in [-0.2, 0) is 49.9 Å². The summed E-state index contributed by atoms with van der Waals surface area (Å²) in [6.45, 7) is 28.7. The van der Waals surface area contributed by atoms with Gasteiger partial charge in [-0.15, -0.1) is 0 Å². The van der Waals surface area contributed by atoms with Crippen LogP contribution in [0.15, 0.2) is 140 Å². The molecule has 1 aliphatic rings. The molecule has 0 unspecified atom stereocenters. The molecular formula is C94H143NO7. The summed E-state index contributed by atoms with van der Waals surface area (Å²) in [5, 5.41) is 21.4. The lowest BCUT2D eigenvalue weighted by atomic mass is 9.84. The van der Waals surface area contributed by atoms with E-state index >= 15 is 0 Å². The first-order valence-electron chi connectivity index (χ1n) is 40.8. The van der Waals surface area contributed by atoms with Crippen LogP contribution in [0.1, 0.15) is 337 Å². The lowest BCUT2D eigenvalue weighted by molar-refractivity contribution is 0.0127. The Balaban J connectivity index is 0.000000331. The summed E-state index contributed by atoms with van der Waals surface area (Å²) in [4.78, 5) is 37.3. The fourth-order valence-electron chi connectivity index (χ4n) is 14.2. The number of nitrogens with two attached hydrogens (primary N) is 1. The van der Waals surface area contributed by atoms with Crippen molar-refractivity contribution in [3.63, 3.8) is 0 Å². The van der Waals surface area contributed by atoms with E-state index in [4.69, 9.17) is 15.2 Å². The number of aliphatic hydroxyl groups is 2. The van der Waals surface area contributed by atoms with Crippen molar-refractivity contribution in [3.8, 4) is 5.75 Å². The molecule has 0 radical (unpaired) electrons. The Bertz CT molecular complexity index is 3060. The molecule has 102 heavy (non-hydrogen) atoms. The van der Waals surface area contributed by atoms with Gasteiger partial charge in [-0.25, -0.2) is 0 Å². The standard InChI is InChI=1S/C20H24O.C19H32O2.C19H30O.C18H31NO2.C18H26O/c1-4-5-10-17-11-7-12-18(13-17)20(21)14-19-15(2)8-6-9-16(19)3;1-4-11-19(20,12-5-2)13-10-17-8-7-9-18(15-17)16-21-14-6-3;1-4-7-11-17-12-8-13-18(14-17)19(20)15-16(9-5-2)10-6-3;1-3-10-18(20,11-4-2)12-9-16-7-5-8-17(15-16)21-14-6-13-19;1-2-3-8-15-11-7-12-17(13-15)18(19)14-16-9-5-4-6-10-16/h6-9,11-13H,4-5,10,14H2,1-3H3;7-9,15,20H,4-6,10-14,16H2,1-3H3;8,12-14,16H,4-7,9-11,15H2,1-3H3;5,7-8,15,20H,3-4,6,9-14,19H2,1-2H3;7,11-13,16H,2-6,8-10,14H2,1H3. The Hall–Kier alpha value is -6.03. The maximum atomic E-state index is 12.5. The molecule has 0 amide bonds. The van der Waals surface area contributed by atoms with Gasteiger partial charge in [-0.1, -0.05) is 281 Å². The largest absolute Gasteiger partial charge is 0.494 e. The molecule has 0 aliphatic heterocycles. The monoisotopic (exact) mass is 1400 g/mol. The van der Waals surface area contributed by atoms with Crippen molar-refractivity contribution in [1.82, 2.24) is 0 Å². The third-order valence-electron chi connectivity index (χ3n) is 20.0. The molecule has 0 spiro atoms. The van der Waals surface area contributed by atoms with Crippen LogP contribution in [0.2, 0.25) is 0 Å². The number of hydrogen-bond donors (Lipinski definition) is 3. The van der Waals surface area contributed by atoms with Gasteiger partial charge in [-0.2, -0.15) is 0 Å². The average Bonchev–Trinajstić information content (AvgIpc) is 0.853. The molecule has 0 aromatic heterocycles. The summed E-state index contributed by atoms with van der Waals surface area (Å²) in [6.07, 6.45) is 36.7. The van der Waals surface area contributed by atoms with Crippen LogP contribution in [0.4, 0.5) is 0 Å². The van der Waals surface area contributed by atoms with Gasteiger partial charge in [-0.05, 0) is 215 Å². The van der Waals surface area contributed by atoms with Crippen molar-refractivity contribution in [1.29, 1.82) is 0 Å². The van der Waals surface area contributed by atoms with Crippen LogP contribution < -0.4 is 10.5 Å². The Morgan fingerprint density at radius 1 is 0.441 bits per heavy atom. The van der Waals surface area contributed by atoms with Gasteiger partial charge >= 0.3 is 0 Å². The Morgan fingerprint density at radius 2 is 0.863 bits per heavy atom. The second-order valence-corrected chi connectivity index (χ2v) is 29.5. The minimum absolute atomic E-state index is 0.214. The summed E-state index contributed by atoms with van der Waals surface area (Å²) < 4.78 is 11.3. The SMILES string of the molecule is CCCC(O)(CCC)CCc1cccc(OCCCN)c1.CCCCc1cccc(C(=O)CC(CCC)CCC)c1.CCCCc1cccc(C(=O)CC2CCCCC2)c1.CCCCc1cccc(C(=O)Cc2c(C)cccc2C)c1.CCCOCc1cccc(CCC(O)(CCC)CCC)c1. The minimum Gasteiger partial charge on any atom is -0.494 e.